The fourth-order valence-electron chi connectivity index (χ4n) is 3.21. The fourth-order valence-corrected chi connectivity index (χ4v) is 3.21. The van der Waals surface area contributed by atoms with Gasteiger partial charge in [-0.2, -0.15) is 17.9 Å². The number of primary amides is 1. The molecule has 3 N–H and O–H groups in total. The number of ether oxygens (including phenoxy) is 3. The lowest BCUT2D eigenvalue weighted by Crippen LogP contribution is -2.24. The Morgan fingerprint density at radius 1 is 1.00 bits per heavy atom. The quantitative estimate of drug-likeness (QED) is 0.330. The first kappa shape index (κ1) is 28.8. The zero-order valence-corrected chi connectivity index (χ0v) is 19.6. The van der Waals surface area contributed by atoms with Crippen LogP contribution in [0.3, 0.4) is 0 Å². The van der Waals surface area contributed by atoms with E-state index in [2.05, 4.69) is 9.73 Å². The smallest absolute Gasteiger partial charge is 0.493 e. The predicted octanol–water partition coefficient (Wildman–Crippen LogP) is 4.73. The second kappa shape index (κ2) is 10.5. The van der Waals surface area contributed by atoms with Crippen LogP contribution >= 0.6 is 0 Å². The third-order valence-corrected chi connectivity index (χ3v) is 4.93. The van der Waals surface area contributed by atoms with E-state index in [0.717, 1.165) is 37.6 Å². The van der Waals surface area contributed by atoms with Crippen LogP contribution in [0.5, 0.6) is 23.0 Å². The summed E-state index contributed by atoms with van der Waals surface area (Å²) in [6.07, 6.45) is -9.37. The number of nitrogens with two attached hydrogens (primary N) is 1. The first-order valence-electron chi connectivity index (χ1n) is 10.3. The van der Waals surface area contributed by atoms with Gasteiger partial charge in [0.1, 0.15) is 22.8 Å². The van der Waals surface area contributed by atoms with Crippen molar-refractivity contribution in [2.45, 2.75) is 19.5 Å². The molecule has 0 atom stereocenters. The zero-order chi connectivity index (χ0) is 29.3. The van der Waals surface area contributed by atoms with E-state index < -0.39 is 70.0 Å². The molecule has 16 heteroatoms. The van der Waals surface area contributed by atoms with Crippen LogP contribution < -0.4 is 25.3 Å². The molecule has 1 aromatic heterocycles. The average Bonchev–Trinajstić information content (AvgIpc) is 2.79. The number of alkyl halides is 6. The van der Waals surface area contributed by atoms with Crippen LogP contribution in [0.25, 0.3) is 0 Å². The van der Waals surface area contributed by atoms with Gasteiger partial charge in [0.05, 0.1) is 18.0 Å². The van der Waals surface area contributed by atoms with E-state index in [-0.39, 0.29) is 17.0 Å². The summed E-state index contributed by atoms with van der Waals surface area (Å²) < 4.78 is 107. The van der Waals surface area contributed by atoms with E-state index in [1.807, 2.05) is 0 Å². The number of halogens is 7. The molecule has 0 aliphatic heterocycles. The molecule has 0 spiro atoms. The molecule has 0 saturated carbocycles. The number of carbonyl (C=O) groups excluding carboxylic acids is 2. The van der Waals surface area contributed by atoms with Crippen molar-refractivity contribution in [3.63, 3.8) is 0 Å². The maximum absolute atomic E-state index is 15.1. The number of aryl methyl sites for hydroxylation is 1. The Morgan fingerprint density at radius 2 is 1.64 bits per heavy atom. The molecule has 0 bridgehead atoms. The number of amides is 2. The molecule has 3 aromatic rings. The van der Waals surface area contributed by atoms with Crippen LogP contribution in [0.15, 0.2) is 47.6 Å². The number of pyridine rings is 1. The van der Waals surface area contributed by atoms with Gasteiger partial charge in [0.2, 0.25) is 0 Å². The molecular formula is C23H16F7N3O6. The summed E-state index contributed by atoms with van der Waals surface area (Å²) in [4.78, 5) is 28.0. The molecule has 2 amide bonds. The minimum absolute atomic E-state index is 0.0348. The van der Waals surface area contributed by atoms with E-state index in [1.165, 1.54) is 6.92 Å². The maximum atomic E-state index is 15.1. The minimum Gasteiger partial charge on any atom is -0.493 e. The van der Waals surface area contributed by atoms with Gasteiger partial charge in [-0.3, -0.25) is 9.59 Å². The lowest BCUT2D eigenvalue weighted by molar-refractivity contribution is -0.274. The van der Waals surface area contributed by atoms with Gasteiger partial charge >= 0.3 is 12.5 Å². The van der Waals surface area contributed by atoms with Crippen LogP contribution in [0.2, 0.25) is 0 Å². The summed E-state index contributed by atoms with van der Waals surface area (Å²) in [6.45, 7) is 1.30. The summed E-state index contributed by atoms with van der Waals surface area (Å²) in [5.41, 5.74) is 1.45. The molecule has 0 aliphatic rings. The predicted molar refractivity (Wildman–Crippen MR) is 116 cm³/mol. The van der Waals surface area contributed by atoms with Gasteiger partial charge in [0.25, 0.3) is 11.8 Å². The molecule has 0 saturated heterocycles. The van der Waals surface area contributed by atoms with E-state index >= 15 is 4.39 Å². The molecule has 0 fully saturated rings. The SMILES string of the molecule is COc1cc(OC(F)(F)F)ccc1Oc1ccc(C(F)(F)F)c(F)c1C(=O)N=c1cc(C(N)=O)n(O)cc1C. The number of benzene rings is 2. The standard InChI is InChI=1S/C23H16F7N3O6/c1-10-9-33(36)14(20(31)34)8-13(10)32-21(35)18-16(6-4-12(19(18)24)22(25,26)27)38-15-5-3-11(7-17(15)37-2)39-23(28,29)30/h3-9,36H,1-2H3,(H2,31,34). The molecule has 208 valence electrons. The summed E-state index contributed by atoms with van der Waals surface area (Å²) in [7, 11) is 1.02. The monoisotopic (exact) mass is 563 g/mol. The normalized spacial score (nSPS) is 12.3. The molecule has 39 heavy (non-hydrogen) atoms. The van der Waals surface area contributed by atoms with Crippen LogP contribution in [0.4, 0.5) is 30.7 Å². The van der Waals surface area contributed by atoms with Gasteiger partial charge < -0.3 is 25.2 Å². The van der Waals surface area contributed by atoms with Crippen molar-refractivity contribution >= 4 is 11.8 Å². The highest BCUT2D eigenvalue weighted by atomic mass is 19.4. The second-order valence-corrected chi connectivity index (χ2v) is 7.61. The van der Waals surface area contributed by atoms with Crippen molar-refractivity contribution in [3.8, 4) is 23.0 Å². The Kier molecular flexibility index (Phi) is 7.79. The number of carbonyl (C=O) groups is 2. The molecule has 3 rings (SSSR count). The molecular weight excluding hydrogens is 547 g/mol. The molecule has 1 heterocycles. The summed E-state index contributed by atoms with van der Waals surface area (Å²) in [6, 6.07) is 4.11. The highest BCUT2D eigenvalue weighted by Crippen LogP contribution is 2.40. The number of methoxy groups -OCH3 is 1. The molecule has 9 nitrogen and oxygen atoms in total. The lowest BCUT2D eigenvalue weighted by atomic mass is 10.1. The molecule has 0 unspecified atom stereocenters. The molecule has 0 aliphatic carbocycles. The number of hydrogen-bond donors (Lipinski definition) is 2. The van der Waals surface area contributed by atoms with Crippen molar-refractivity contribution in [1.82, 2.24) is 4.73 Å². The van der Waals surface area contributed by atoms with Gasteiger partial charge in [-0.25, -0.2) is 9.38 Å². The summed E-state index contributed by atoms with van der Waals surface area (Å²) in [5, 5.41) is 9.39. The lowest BCUT2D eigenvalue weighted by Gasteiger charge is -2.17. The molecule has 0 radical (unpaired) electrons. The van der Waals surface area contributed by atoms with Crippen LogP contribution in [-0.2, 0) is 6.18 Å². The van der Waals surface area contributed by atoms with Crippen molar-refractivity contribution < 1.29 is 59.7 Å². The number of aromatic nitrogens is 1. The second-order valence-electron chi connectivity index (χ2n) is 7.61. The van der Waals surface area contributed by atoms with Gasteiger partial charge in [-0.05, 0) is 42.8 Å². The van der Waals surface area contributed by atoms with Crippen molar-refractivity contribution in [2.75, 3.05) is 7.11 Å². The first-order chi connectivity index (χ1) is 18.0. The summed E-state index contributed by atoms with van der Waals surface area (Å²) in [5.74, 6) is -7.19. The molecule has 2 aromatic carbocycles. The van der Waals surface area contributed by atoms with Crippen molar-refractivity contribution in [1.29, 1.82) is 0 Å². The van der Waals surface area contributed by atoms with Crippen LogP contribution in [0, 0.1) is 12.7 Å². The number of rotatable bonds is 6. The Balaban J connectivity index is 2.18. The van der Waals surface area contributed by atoms with E-state index in [0.29, 0.717) is 10.8 Å². The van der Waals surface area contributed by atoms with Crippen LogP contribution in [0.1, 0.15) is 32.0 Å². The third kappa shape index (κ3) is 6.58. The van der Waals surface area contributed by atoms with Gasteiger partial charge in [0, 0.05) is 12.3 Å². The average molecular weight is 563 g/mol. The third-order valence-electron chi connectivity index (χ3n) is 4.93. The van der Waals surface area contributed by atoms with Gasteiger partial charge in [0.15, 0.2) is 17.3 Å². The highest BCUT2D eigenvalue weighted by molar-refractivity contribution is 5.98. The van der Waals surface area contributed by atoms with Gasteiger partial charge in [-0.1, -0.05) is 0 Å². The van der Waals surface area contributed by atoms with Gasteiger partial charge in [-0.15, -0.1) is 13.2 Å². The van der Waals surface area contributed by atoms with E-state index in [4.69, 9.17) is 15.2 Å². The summed E-state index contributed by atoms with van der Waals surface area (Å²) >= 11 is 0. The highest BCUT2D eigenvalue weighted by Gasteiger charge is 2.37. The first-order valence-corrected chi connectivity index (χ1v) is 10.3. The topological polar surface area (TPSA) is 125 Å². The largest absolute Gasteiger partial charge is 0.573 e. The zero-order valence-electron chi connectivity index (χ0n) is 19.6. The Labute approximate surface area is 213 Å². The van der Waals surface area contributed by atoms with Crippen molar-refractivity contribution in [2.24, 2.45) is 10.7 Å². The Morgan fingerprint density at radius 3 is 2.21 bits per heavy atom. The van der Waals surface area contributed by atoms with Crippen LogP contribution in [-0.4, -0.2) is 35.2 Å². The Bertz CT molecular complexity index is 1510. The fraction of sp³-hybridized carbons (Fsp3) is 0.174. The maximum Gasteiger partial charge on any atom is 0.573 e. The van der Waals surface area contributed by atoms with E-state index in [9.17, 15) is 41.1 Å². The Hall–Kier alpha value is -4.76. The van der Waals surface area contributed by atoms with E-state index in [1.54, 1.807) is 0 Å². The number of nitrogens with zero attached hydrogens (tertiary/aromatic N) is 2. The number of hydrogen-bond acceptors (Lipinski definition) is 6. The minimum atomic E-state index is -5.24. The van der Waals surface area contributed by atoms with Crippen molar-refractivity contribution in [3.05, 3.63) is 76.2 Å².